The Bertz CT molecular complexity index is 483. The van der Waals surface area contributed by atoms with E-state index in [1.165, 1.54) is 12.8 Å². The fourth-order valence-corrected chi connectivity index (χ4v) is 3.35. The summed E-state index contributed by atoms with van der Waals surface area (Å²) in [6.07, 6.45) is 7.96. The Labute approximate surface area is 113 Å². The van der Waals surface area contributed by atoms with Crippen molar-refractivity contribution in [2.45, 2.75) is 50.6 Å². The summed E-state index contributed by atoms with van der Waals surface area (Å²) in [5.41, 5.74) is 1.06. The maximum atomic E-state index is 11.3. The zero-order chi connectivity index (χ0) is 13.4. The average Bonchev–Trinajstić information content (AvgIpc) is 2.95. The van der Waals surface area contributed by atoms with Crippen molar-refractivity contribution in [2.75, 3.05) is 13.6 Å². The van der Waals surface area contributed by atoms with E-state index < -0.39 is 12.0 Å². The molecule has 2 aliphatic heterocycles. The molecule has 0 radical (unpaired) electrons. The van der Waals surface area contributed by atoms with E-state index >= 15 is 0 Å². The predicted octanol–water partition coefficient (Wildman–Crippen LogP) is 1.48. The number of carboxylic acids is 1. The molecule has 19 heavy (non-hydrogen) atoms. The second-order valence-corrected chi connectivity index (χ2v) is 5.78. The molecule has 5 heteroatoms. The highest BCUT2D eigenvalue weighted by Gasteiger charge is 2.28. The number of aliphatic carboxylic acids is 1. The molecule has 2 aliphatic rings. The third-order valence-corrected chi connectivity index (χ3v) is 4.47. The highest BCUT2D eigenvalue weighted by Crippen LogP contribution is 2.26. The summed E-state index contributed by atoms with van der Waals surface area (Å²) in [6, 6.07) is 0.159. The van der Waals surface area contributed by atoms with E-state index in [9.17, 15) is 9.90 Å². The number of aryl methyl sites for hydroxylation is 1. The number of carboxylic acid groups (broad SMARTS) is 1. The van der Waals surface area contributed by atoms with Crippen LogP contribution in [0.15, 0.2) is 6.20 Å². The molecule has 3 heterocycles. The molecule has 2 unspecified atom stereocenters. The summed E-state index contributed by atoms with van der Waals surface area (Å²) in [5.74, 6) is 0.220. The molecule has 0 aromatic carbocycles. The standard InChI is InChI=1S/C14H21N3O2/c1-16-7-3-4-11(16)8-10-9-17-12(14(18)19)5-2-6-13(17)15-10/h9,11-12H,2-8H2,1H3,(H,18,19). The van der Waals surface area contributed by atoms with E-state index in [1.807, 2.05) is 10.8 Å². The molecular weight excluding hydrogens is 242 g/mol. The number of imidazole rings is 1. The van der Waals surface area contributed by atoms with Gasteiger partial charge in [-0.25, -0.2) is 9.78 Å². The Morgan fingerprint density at radius 3 is 3.00 bits per heavy atom. The number of nitrogens with zero attached hydrogens (tertiary/aromatic N) is 3. The number of rotatable bonds is 3. The lowest BCUT2D eigenvalue weighted by Gasteiger charge is -2.21. The lowest BCUT2D eigenvalue weighted by atomic mass is 10.1. The van der Waals surface area contributed by atoms with Gasteiger partial charge in [-0.1, -0.05) is 0 Å². The van der Waals surface area contributed by atoms with Crippen molar-refractivity contribution in [3.63, 3.8) is 0 Å². The first kappa shape index (κ1) is 12.7. The van der Waals surface area contributed by atoms with Crippen LogP contribution in [0, 0.1) is 0 Å². The zero-order valence-electron chi connectivity index (χ0n) is 11.4. The molecule has 3 rings (SSSR count). The monoisotopic (exact) mass is 263 g/mol. The van der Waals surface area contributed by atoms with Crippen LogP contribution in [0.1, 0.15) is 43.2 Å². The van der Waals surface area contributed by atoms with Crippen LogP contribution in [0.25, 0.3) is 0 Å². The summed E-state index contributed by atoms with van der Waals surface area (Å²) in [7, 11) is 2.16. The molecule has 1 aromatic rings. The molecule has 104 valence electrons. The van der Waals surface area contributed by atoms with Gasteiger partial charge >= 0.3 is 5.97 Å². The van der Waals surface area contributed by atoms with Crippen LogP contribution in [0.5, 0.6) is 0 Å². The number of hydrogen-bond donors (Lipinski definition) is 1. The largest absolute Gasteiger partial charge is 0.480 e. The first-order valence-corrected chi connectivity index (χ1v) is 7.15. The zero-order valence-corrected chi connectivity index (χ0v) is 11.4. The fraction of sp³-hybridized carbons (Fsp3) is 0.714. The highest BCUT2D eigenvalue weighted by molar-refractivity contribution is 5.72. The number of likely N-dealkylation sites (tertiary alicyclic amines) is 1. The molecule has 1 N–H and O–H groups in total. The molecule has 1 fully saturated rings. The second-order valence-electron chi connectivity index (χ2n) is 5.78. The van der Waals surface area contributed by atoms with E-state index in [-0.39, 0.29) is 0 Å². The van der Waals surface area contributed by atoms with E-state index in [1.54, 1.807) is 0 Å². The lowest BCUT2D eigenvalue weighted by Crippen LogP contribution is -2.26. The Morgan fingerprint density at radius 2 is 2.32 bits per heavy atom. The fourth-order valence-electron chi connectivity index (χ4n) is 3.35. The minimum absolute atomic E-state index is 0.411. The summed E-state index contributed by atoms with van der Waals surface area (Å²) < 4.78 is 1.89. The van der Waals surface area contributed by atoms with Gasteiger partial charge in [-0.05, 0) is 39.3 Å². The number of aromatic nitrogens is 2. The van der Waals surface area contributed by atoms with Gasteiger partial charge < -0.3 is 14.6 Å². The van der Waals surface area contributed by atoms with Gasteiger partial charge in [0.25, 0.3) is 0 Å². The SMILES string of the molecule is CN1CCCC1Cc1cn2c(n1)CCCC2C(=O)O. The van der Waals surface area contributed by atoms with Gasteiger partial charge in [-0.3, -0.25) is 0 Å². The minimum Gasteiger partial charge on any atom is -0.480 e. The van der Waals surface area contributed by atoms with Crippen LogP contribution in [0.3, 0.4) is 0 Å². The van der Waals surface area contributed by atoms with E-state index in [0.29, 0.717) is 6.04 Å². The maximum absolute atomic E-state index is 11.3. The second kappa shape index (κ2) is 4.96. The summed E-state index contributed by atoms with van der Waals surface area (Å²) in [5, 5.41) is 9.26. The van der Waals surface area contributed by atoms with Gasteiger partial charge in [0, 0.05) is 25.1 Å². The molecule has 0 spiro atoms. The van der Waals surface area contributed by atoms with Crippen molar-refractivity contribution >= 4 is 5.97 Å². The molecule has 5 nitrogen and oxygen atoms in total. The molecule has 0 amide bonds. The third-order valence-electron chi connectivity index (χ3n) is 4.47. The Morgan fingerprint density at radius 1 is 1.47 bits per heavy atom. The Hall–Kier alpha value is -1.36. The van der Waals surface area contributed by atoms with Crippen molar-refractivity contribution in [3.8, 4) is 0 Å². The van der Waals surface area contributed by atoms with Gasteiger partial charge in [0.15, 0.2) is 0 Å². The summed E-state index contributed by atoms with van der Waals surface area (Å²) in [6.45, 7) is 1.16. The molecule has 0 saturated carbocycles. The summed E-state index contributed by atoms with van der Waals surface area (Å²) in [4.78, 5) is 18.3. The third kappa shape index (κ3) is 2.39. The molecule has 0 bridgehead atoms. The van der Waals surface area contributed by atoms with Crippen molar-refractivity contribution in [3.05, 3.63) is 17.7 Å². The number of carbonyl (C=O) groups is 1. The Balaban J connectivity index is 1.79. The van der Waals surface area contributed by atoms with E-state index in [0.717, 1.165) is 43.7 Å². The lowest BCUT2D eigenvalue weighted by molar-refractivity contribution is -0.141. The van der Waals surface area contributed by atoms with Gasteiger partial charge in [0.05, 0.1) is 5.69 Å². The van der Waals surface area contributed by atoms with Crippen LogP contribution < -0.4 is 0 Å². The highest BCUT2D eigenvalue weighted by atomic mass is 16.4. The predicted molar refractivity (Wildman–Crippen MR) is 71.2 cm³/mol. The topological polar surface area (TPSA) is 58.4 Å². The first-order chi connectivity index (χ1) is 9.15. The van der Waals surface area contributed by atoms with Crippen molar-refractivity contribution < 1.29 is 9.90 Å². The number of likely N-dealkylation sites (N-methyl/N-ethyl adjacent to an activating group) is 1. The van der Waals surface area contributed by atoms with Crippen molar-refractivity contribution in [1.82, 2.24) is 14.5 Å². The normalized spacial score (nSPS) is 27.4. The minimum atomic E-state index is -0.733. The summed E-state index contributed by atoms with van der Waals surface area (Å²) >= 11 is 0. The van der Waals surface area contributed by atoms with Crippen LogP contribution in [0.2, 0.25) is 0 Å². The van der Waals surface area contributed by atoms with Crippen LogP contribution in [-0.4, -0.2) is 45.2 Å². The van der Waals surface area contributed by atoms with Crippen molar-refractivity contribution in [1.29, 1.82) is 0 Å². The van der Waals surface area contributed by atoms with Gasteiger partial charge in [-0.2, -0.15) is 0 Å². The average molecular weight is 263 g/mol. The van der Waals surface area contributed by atoms with Gasteiger partial charge in [0.2, 0.25) is 0 Å². The first-order valence-electron chi connectivity index (χ1n) is 7.15. The van der Waals surface area contributed by atoms with E-state index in [4.69, 9.17) is 0 Å². The Kier molecular flexibility index (Phi) is 3.31. The quantitative estimate of drug-likeness (QED) is 0.897. The van der Waals surface area contributed by atoms with Crippen LogP contribution in [-0.2, 0) is 17.6 Å². The molecule has 1 aromatic heterocycles. The maximum Gasteiger partial charge on any atom is 0.326 e. The molecule has 1 saturated heterocycles. The molecular formula is C14H21N3O2. The van der Waals surface area contributed by atoms with Crippen molar-refractivity contribution in [2.24, 2.45) is 0 Å². The van der Waals surface area contributed by atoms with Crippen LogP contribution in [0.4, 0.5) is 0 Å². The van der Waals surface area contributed by atoms with E-state index in [2.05, 4.69) is 16.9 Å². The number of fused-ring (bicyclic) bond motifs is 1. The molecule has 2 atom stereocenters. The number of hydrogen-bond acceptors (Lipinski definition) is 3. The van der Waals surface area contributed by atoms with Gasteiger partial charge in [-0.15, -0.1) is 0 Å². The van der Waals surface area contributed by atoms with Gasteiger partial charge in [0.1, 0.15) is 11.9 Å². The smallest absolute Gasteiger partial charge is 0.326 e. The molecule has 0 aliphatic carbocycles. The van der Waals surface area contributed by atoms with Crippen LogP contribution >= 0.6 is 0 Å².